The first-order chi connectivity index (χ1) is 10.3. The van der Waals surface area contributed by atoms with Crippen molar-refractivity contribution in [1.29, 1.82) is 0 Å². The number of nitrogens with zero attached hydrogens (tertiary/aromatic N) is 3. The Morgan fingerprint density at radius 2 is 1.77 bits per heavy atom. The zero-order valence-corrected chi connectivity index (χ0v) is 14.4. The van der Waals surface area contributed by atoms with Gasteiger partial charge in [0.1, 0.15) is 5.82 Å². The van der Waals surface area contributed by atoms with Crippen LogP contribution in [-0.2, 0) is 18.6 Å². The summed E-state index contributed by atoms with van der Waals surface area (Å²) in [6, 6.07) is 13.0. The number of hydrogen-bond acceptors (Lipinski definition) is 3. The van der Waals surface area contributed by atoms with Crippen LogP contribution in [0, 0.1) is 0 Å². The molecule has 0 fully saturated rings. The normalized spacial score (nSPS) is 12.3. The molecule has 2 N–H and O–H groups in total. The van der Waals surface area contributed by atoms with Crippen molar-refractivity contribution in [1.82, 2.24) is 14.7 Å². The topological polar surface area (TPSA) is 47.1 Å². The molecule has 0 unspecified atom stereocenters. The molecule has 0 spiro atoms. The Labute approximate surface area is 133 Å². The summed E-state index contributed by atoms with van der Waals surface area (Å²) in [6.45, 7) is 12.5. The third-order valence-electron chi connectivity index (χ3n) is 3.75. The third kappa shape index (κ3) is 4.10. The second-order valence-electron chi connectivity index (χ2n) is 7.13. The minimum atomic E-state index is -0.0928. The van der Waals surface area contributed by atoms with Gasteiger partial charge in [-0.15, -0.1) is 0 Å². The second-order valence-corrected chi connectivity index (χ2v) is 7.13. The highest BCUT2D eigenvalue weighted by Crippen LogP contribution is 2.20. The van der Waals surface area contributed by atoms with Gasteiger partial charge >= 0.3 is 0 Å². The van der Waals surface area contributed by atoms with Crippen molar-refractivity contribution in [2.24, 2.45) is 0 Å². The third-order valence-corrected chi connectivity index (χ3v) is 3.75. The van der Waals surface area contributed by atoms with Crippen LogP contribution in [0.2, 0.25) is 0 Å². The number of anilines is 1. The summed E-state index contributed by atoms with van der Waals surface area (Å²) < 4.78 is 1.91. The van der Waals surface area contributed by atoms with E-state index in [1.165, 1.54) is 5.56 Å². The van der Waals surface area contributed by atoms with Gasteiger partial charge in [0, 0.05) is 25.2 Å². The Balaban J connectivity index is 2.15. The van der Waals surface area contributed by atoms with Crippen LogP contribution in [0.4, 0.5) is 5.82 Å². The predicted octanol–water partition coefficient (Wildman–Crippen LogP) is 3.63. The summed E-state index contributed by atoms with van der Waals surface area (Å²) in [5.41, 5.74) is 8.36. The van der Waals surface area contributed by atoms with E-state index in [4.69, 9.17) is 10.8 Å². The fourth-order valence-electron chi connectivity index (χ4n) is 2.51. The molecule has 1 aromatic carbocycles. The van der Waals surface area contributed by atoms with Crippen LogP contribution in [0.25, 0.3) is 0 Å². The molecule has 0 aliphatic carbocycles. The molecule has 0 aliphatic rings. The molecule has 0 saturated carbocycles. The van der Waals surface area contributed by atoms with Crippen molar-refractivity contribution in [2.75, 3.05) is 5.73 Å². The van der Waals surface area contributed by atoms with Gasteiger partial charge < -0.3 is 5.73 Å². The Morgan fingerprint density at radius 1 is 1.14 bits per heavy atom. The molecule has 2 rings (SSSR count). The summed E-state index contributed by atoms with van der Waals surface area (Å²) in [6.07, 6.45) is 0. The van der Waals surface area contributed by atoms with Gasteiger partial charge in [0.2, 0.25) is 0 Å². The number of benzene rings is 1. The van der Waals surface area contributed by atoms with Gasteiger partial charge in [0.05, 0.1) is 11.2 Å². The molecule has 1 aromatic heterocycles. The van der Waals surface area contributed by atoms with Crippen molar-refractivity contribution in [3.63, 3.8) is 0 Å². The number of nitrogen functional groups attached to an aromatic ring is 1. The Hall–Kier alpha value is -1.81. The lowest BCUT2D eigenvalue weighted by Crippen LogP contribution is -2.30. The molecule has 0 aliphatic heterocycles. The van der Waals surface area contributed by atoms with Crippen LogP contribution in [-0.4, -0.2) is 20.7 Å². The molecule has 22 heavy (non-hydrogen) atoms. The summed E-state index contributed by atoms with van der Waals surface area (Å²) >= 11 is 0. The van der Waals surface area contributed by atoms with Crippen LogP contribution in [0.1, 0.15) is 45.9 Å². The average molecular weight is 300 g/mol. The number of hydrogen-bond donors (Lipinski definition) is 1. The van der Waals surface area contributed by atoms with E-state index in [9.17, 15) is 0 Å². The van der Waals surface area contributed by atoms with Crippen molar-refractivity contribution >= 4 is 5.82 Å². The van der Waals surface area contributed by atoms with Crippen molar-refractivity contribution in [3.8, 4) is 0 Å². The van der Waals surface area contributed by atoms with Crippen LogP contribution in [0.3, 0.4) is 0 Å². The SMILES string of the molecule is CC(C)N(Cc1ccccc1)Cc1cc(N)n(C(C)(C)C)n1. The molecule has 120 valence electrons. The Bertz CT molecular complexity index is 593. The van der Waals surface area contributed by atoms with E-state index in [0.717, 1.165) is 24.6 Å². The van der Waals surface area contributed by atoms with E-state index in [1.807, 2.05) is 10.7 Å². The molecule has 0 radical (unpaired) electrons. The van der Waals surface area contributed by atoms with Crippen molar-refractivity contribution in [2.45, 2.75) is 59.3 Å². The van der Waals surface area contributed by atoms with Gasteiger partial charge in [-0.05, 0) is 40.2 Å². The first-order valence-corrected chi connectivity index (χ1v) is 7.90. The first kappa shape index (κ1) is 16.6. The summed E-state index contributed by atoms with van der Waals surface area (Å²) in [4.78, 5) is 2.41. The maximum absolute atomic E-state index is 6.11. The van der Waals surface area contributed by atoms with Gasteiger partial charge in [-0.2, -0.15) is 5.10 Å². The molecule has 4 nitrogen and oxygen atoms in total. The molecule has 4 heteroatoms. The van der Waals surface area contributed by atoms with Crippen molar-refractivity contribution in [3.05, 3.63) is 47.7 Å². The molecule has 1 heterocycles. The summed E-state index contributed by atoms with van der Waals surface area (Å²) in [7, 11) is 0. The van der Waals surface area contributed by atoms with E-state index < -0.39 is 0 Å². The average Bonchev–Trinajstić information content (AvgIpc) is 2.80. The monoisotopic (exact) mass is 300 g/mol. The van der Waals surface area contributed by atoms with Gasteiger partial charge in [-0.1, -0.05) is 30.3 Å². The Kier molecular flexibility index (Phi) is 4.91. The van der Waals surface area contributed by atoms with Crippen LogP contribution in [0.5, 0.6) is 0 Å². The van der Waals surface area contributed by atoms with E-state index in [0.29, 0.717) is 6.04 Å². The van der Waals surface area contributed by atoms with Crippen LogP contribution in [0.15, 0.2) is 36.4 Å². The standard InChI is InChI=1S/C18H28N4/c1-14(2)21(12-15-9-7-6-8-10-15)13-16-11-17(19)22(20-16)18(3,4)5/h6-11,14H,12-13,19H2,1-5H3. The lowest BCUT2D eigenvalue weighted by Gasteiger charge is -2.26. The van der Waals surface area contributed by atoms with E-state index in [2.05, 4.69) is 69.9 Å². The Morgan fingerprint density at radius 3 is 2.27 bits per heavy atom. The number of aromatic nitrogens is 2. The zero-order chi connectivity index (χ0) is 16.3. The largest absolute Gasteiger partial charge is 0.384 e. The van der Waals surface area contributed by atoms with Gasteiger partial charge in [-0.3, -0.25) is 4.90 Å². The molecule has 2 aromatic rings. The molecule has 0 amide bonds. The summed E-state index contributed by atoms with van der Waals surface area (Å²) in [5, 5.41) is 4.69. The number of rotatable bonds is 5. The smallest absolute Gasteiger partial charge is 0.122 e. The second kappa shape index (κ2) is 6.53. The van der Waals surface area contributed by atoms with Crippen LogP contribution >= 0.6 is 0 Å². The quantitative estimate of drug-likeness (QED) is 0.917. The fraction of sp³-hybridized carbons (Fsp3) is 0.500. The molecular weight excluding hydrogens is 272 g/mol. The fourth-order valence-corrected chi connectivity index (χ4v) is 2.51. The zero-order valence-electron chi connectivity index (χ0n) is 14.4. The van der Waals surface area contributed by atoms with E-state index in [-0.39, 0.29) is 5.54 Å². The predicted molar refractivity (Wildman–Crippen MR) is 92.5 cm³/mol. The highest BCUT2D eigenvalue weighted by molar-refractivity contribution is 5.32. The maximum Gasteiger partial charge on any atom is 0.122 e. The maximum atomic E-state index is 6.11. The van der Waals surface area contributed by atoms with Crippen molar-refractivity contribution < 1.29 is 0 Å². The molecule has 0 bridgehead atoms. The van der Waals surface area contributed by atoms with Crippen LogP contribution < -0.4 is 5.73 Å². The minimum absolute atomic E-state index is 0.0928. The van der Waals surface area contributed by atoms with E-state index in [1.54, 1.807) is 0 Å². The lowest BCUT2D eigenvalue weighted by molar-refractivity contribution is 0.199. The van der Waals surface area contributed by atoms with Gasteiger partial charge in [0.15, 0.2) is 0 Å². The highest BCUT2D eigenvalue weighted by Gasteiger charge is 2.20. The molecule has 0 saturated heterocycles. The molecule has 0 atom stereocenters. The number of nitrogens with two attached hydrogens (primary N) is 1. The molecular formula is C18H28N4. The summed E-state index contributed by atoms with van der Waals surface area (Å²) in [5.74, 6) is 0.728. The lowest BCUT2D eigenvalue weighted by atomic mass is 10.1. The highest BCUT2D eigenvalue weighted by atomic mass is 15.4. The van der Waals surface area contributed by atoms with Gasteiger partial charge in [-0.25, -0.2) is 4.68 Å². The van der Waals surface area contributed by atoms with Gasteiger partial charge in [0.25, 0.3) is 0 Å². The minimum Gasteiger partial charge on any atom is -0.384 e. The van der Waals surface area contributed by atoms with E-state index >= 15 is 0 Å². The first-order valence-electron chi connectivity index (χ1n) is 7.90.